The van der Waals surface area contributed by atoms with Gasteiger partial charge in [0.1, 0.15) is 11.6 Å². The SMILES string of the molecule is COBNCc1ccccc1-c1ccc(C(=O)N2N=C(c3ccc(-n4c(C)ccc4C)nc3)CC2c2ccccc2O)s1. The average molecular weight is 590 g/mol. The van der Waals surface area contributed by atoms with Gasteiger partial charge in [0.25, 0.3) is 5.91 Å². The Hall–Kier alpha value is -4.51. The number of thiophene rings is 1. The van der Waals surface area contributed by atoms with E-state index in [9.17, 15) is 9.90 Å². The first kappa shape index (κ1) is 28.6. The predicted molar refractivity (Wildman–Crippen MR) is 172 cm³/mol. The number of phenols is 1. The zero-order valence-electron chi connectivity index (χ0n) is 24.3. The lowest BCUT2D eigenvalue weighted by Gasteiger charge is -2.22. The zero-order valence-corrected chi connectivity index (χ0v) is 25.1. The van der Waals surface area contributed by atoms with Gasteiger partial charge in [-0.15, -0.1) is 11.3 Å². The smallest absolute Gasteiger partial charge is 0.360 e. The fraction of sp³-hybridized carbons (Fsp3) is 0.182. The van der Waals surface area contributed by atoms with Gasteiger partial charge in [0.15, 0.2) is 0 Å². The Bertz CT molecular complexity index is 1780. The van der Waals surface area contributed by atoms with Crippen LogP contribution in [0.5, 0.6) is 5.75 Å². The number of pyridine rings is 1. The molecule has 0 saturated carbocycles. The van der Waals surface area contributed by atoms with Crippen LogP contribution in [0, 0.1) is 13.8 Å². The molecule has 0 aliphatic carbocycles. The van der Waals surface area contributed by atoms with Crippen LogP contribution in [0.4, 0.5) is 0 Å². The summed E-state index contributed by atoms with van der Waals surface area (Å²) in [5, 5.41) is 20.4. The molecule has 0 radical (unpaired) electrons. The molecule has 6 rings (SSSR count). The third-order valence-corrected chi connectivity index (χ3v) is 8.76. The van der Waals surface area contributed by atoms with Crippen LogP contribution >= 0.6 is 11.3 Å². The Morgan fingerprint density at radius 1 is 1.02 bits per heavy atom. The molecule has 3 aromatic heterocycles. The summed E-state index contributed by atoms with van der Waals surface area (Å²) < 4.78 is 7.23. The minimum atomic E-state index is -0.451. The van der Waals surface area contributed by atoms with E-state index in [1.54, 1.807) is 25.4 Å². The fourth-order valence-electron chi connectivity index (χ4n) is 5.52. The topological polar surface area (TPSA) is 92.0 Å². The molecule has 0 spiro atoms. The number of nitrogens with one attached hydrogen (secondary N) is 1. The van der Waals surface area contributed by atoms with Crippen LogP contribution in [0.15, 0.2) is 96.2 Å². The lowest BCUT2D eigenvalue weighted by Crippen LogP contribution is -2.26. The van der Waals surface area contributed by atoms with Gasteiger partial charge in [-0.2, -0.15) is 5.10 Å². The molecule has 2 aromatic carbocycles. The van der Waals surface area contributed by atoms with E-state index in [1.165, 1.54) is 16.3 Å². The minimum absolute atomic E-state index is 0.137. The number of benzene rings is 2. The largest absolute Gasteiger partial charge is 0.508 e. The maximum Gasteiger partial charge on any atom is 0.360 e. The van der Waals surface area contributed by atoms with E-state index in [1.807, 2.05) is 48.5 Å². The van der Waals surface area contributed by atoms with Crippen molar-refractivity contribution in [3.8, 4) is 22.0 Å². The van der Waals surface area contributed by atoms with Crippen molar-refractivity contribution in [1.29, 1.82) is 0 Å². The second-order valence-corrected chi connectivity index (χ2v) is 11.6. The van der Waals surface area contributed by atoms with Gasteiger partial charge in [-0.05, 0) is 67.4 Å². The first-order valence-electron chi connectivity index (χ1n) is 14.1. The van der Waals surface area contributed by atoms with Crippen LogP contribution in [0.2, 0.25) is 0 Å². The van der Waals surface area contributed by atoms with E-state index in [2.05, 4.69) is 47.9 Å². The number of amides is 1. The van der Waals surface area contributed by atoms with E-state index in [0.29, 0.717) is 31.0 Å². The third-order valence-electron chi connectivity index (χ3n) is 7.66. The normalized spacial score (nSPS) is 14.6. The Labute approximate surface area is 255 Å². The van der Waals surface area contributed by atoms with Crippen LogP contribution < -0.4 is 5.23 Å². The third kappa shape index (κ3) is 5.77. The molecule has 43 heavy (non-hydrogen) atoms. The van der Waals surface area contributed by atoms with Crippen molar-refractivity contribution in [2.75, 3.05) is 7.11 Å². The van der Waals surface area contributed by atoms with Crippen molar-refractivity contribution < 1.29 is 14.6 Å². The molecule has 2 N–H and O–H groups in total. The van der Waals surface area contributed by atoms with Gasteiger partial charge < -0.3 is 19.6 Å². The van der Waals surface area contributed by atoms with Gasteiger partial charge in [0.05, 0.1) is 16.6 Å². The van der Waals surface area contributed by atoms with Crippen molar-refractivity contribution >= 4 is 30.6 Å². The zero-order chi connectivity index (χ0) is 29.9. The molecule has 1 aliphatic heterocycles. The summed E-state index contributed by atoms with van der Waals surface area (Å²) in [5.41, 5.74) is 6.64. The Morgan fingerprint density at radius 3 is 2.53 bits per heavy atom. The molecule has 10 heteroatoms. The number of hydrogen-bond donors (Lipinski definition) is 2. The van der Waals surface area contributed by atoms with Gasteiger partial charge in [-0.3, -0.25) is 4.79 Å². The Kier molecular flexibility index (Phi) is 8.24. The summed E-state index contributed by atoms with van der Waals surface area (Å²) >= 11 is 1.44. The molecular weight excluding hydrogens is 557 g/mol. The molecule has 0 fully saturated rings. The average Bonchev–Trinajstić information content (AvgIpc) is 3.77. The van der Waals surface area contributed by atoms with E-state index < -0.39 is 6.04 Å². The number of carbonyl (C=O) groups is 1. The second-order valence-electron chi connectivity index (χ2n) is 10.5. The quantitative estimate of drug-likeness (QED) is 0.165. The first-order valence-corrected chi connectivity index (χ1v) is 14.9. The number of hydrazone groups is 1. The number of aryl methyl sites for hydroxylation is 2. The molecule has 1 aliphatic rings. The number of carbonyl (C=O) groups excluding carboxylic acids is 1. The molecule has 8 nitrogen and oxygen atoms in total. The highest BCUT2D eigenvalue weighted by molar-refractivity contribution is 7.17. The number of hydrogen-bond acceptors (Lipinski definition) is 7. The number of rotatable bonds is 9. The molecule has 1 amide bonds. The van der Waals surface area contributed by atoms with Crippen molar-refractivity contribution in [3.63, 3.8) is 0 Å². The van der Waals surface area contributed by atoms with Crippen molar-refractivity contribution in [2.24, 2.45) is 5.10 Å². The van der Waals surface area contributed by atoms with Gasteiger partial charge in [-0.1, -0.05) is 42.5 Å². The molecule has 5 aromatic rings. The number of aromatic nitrogens is 2. The van der Waals surface area contributed by atoms with Crippen LogP contribution in [-0.2, 0) is 11.2 Å². The molecule has 0 bridgehead atoms. The highest BCUT2D eigenvalue weighted by Crippen LogP contribution is 2.39. The maximum absolute atomic E-state index is 14.0. The van der Waals surface area contributed by atoms with E-state index in [-0.39, 0.29) is 11.7 Å². The number of aromatic hydroxyl groups is 1. The number of nitrogens with zero attached hydrogens (tertiary/aromatic N) is 4. The highest BCUT2D eigenvalue weighted by atomic mass is 32.1. The number of para-hydroxylation sites is 1. The molecule has 0 saturated heterocycles. The summed E-state index contributed by atoms with van der Waals surface area (Å²) in [4.78, 5) is 20.3. The lowest BCUT2D eigenvalue weighted by atomic mass is 9.98. The van der Waals surface area contributed by atoms with Crippen LogP contribution in [0.3, 0.4) is 0 Å². The van der Waals surface area contributed by atoms with Gasteiger partial charge in [0, 0.05) is 53.7 Å². The number of phenolic OH excluding ortho intramolecular Hbond substituents is 1. The minimum Gasteiger partial charge on any atom is -0.508 e. The van der Waals surface area contributed by atoms with Crippen LogP contribution in [-0.4, -0.2) is 46.0 Å². The Morgan fingerprint density at radius 2 is 1.79 bits per heavy atom. The highest BCUT2D eigenvalue weighted by Gasteiger charge is 2.36. The van der Waals surface area contributed by atoms with Crippen LogP contribution in [0.1, 0.15) is 50.2 Å². The molecule has 1 atom stereocenters. The van der Waals surface area contributed by atoms with Crippen molar-refractivity contribution in [2.45, 2.75) is 32.9 Å². The summed E-state index contributed by atoms with van der Waals surface area (Å²) in [6.45, 7) is 4.75. The van der Waals surface area contributed by atoms with Gasteiger partial charge in [0.2, 0.25) is 0 Å². The monoisotopic (exact) mass is 589 g/mol. The summed E-state index contributed by atoms with van der Waals surface area (Å²) in [6.07, 6.45) is 2.26. The Balaban J connectivity index is 1.31. The summed E-state index contributed by atoms with van der Waals surface area (Å²) in [5.74, 6) is 0.757. The first-order chi connectivity index (χ1) is 20.9. The summed E-state index contributed by atoms with van der Waals surface area (Å²) in [7, 11) is 2.11. The van der Waals surface area contributed by atoms with Gasteiger partial charge in [-0.25, -0.2) is 9.99 Å². The van der Waals surface area contributed by atoms with E-state index in [0.717, 1.165) is 44.5 Å². The van der Waals surface area contributed by atoms with E-state index in [4.69, 9.17) is 14.7 Å². The fourth-order valence-corrected chi connectivity index (χ4v) is 6.51. The molecule has 1 unspecified atom stereocenters. The van der Waals surface area contributed by atoms with Crippen molar-refractivity contribution in [3.05, 3.63) is 124 Å². The molecule has 4 heterocycles. The predicted octanol–water partition coefficient (Wildman–Crippen LogP) is 5.92. The summed E-state index contributed by atoms with van der Waals surface area (Å²) in [6, 6.07) is 26.8. The van der Waals surface area contributed by atoms with Gasteiger partial charge >= 0.3 is 7.62 Å². The van der Waals surface area contributed by atoms with E-state index >= 15 is 0 Å². The van der Waals surface area contributed by atoms with Crippen LogP contribution in [0.25, 0.3) is 16.3 Å². The standard InChI is InChI=1S/C33H32BN5O3S/c1-21-12-13-22(2)38(21)32-17-14-24(19-35-32)27-18-28(26-10-6-7-11-29(26)40)39(37-27)33(41)31-16-15-30(43-31)25-9-5-4-8-23(25)20-36-34-42-3/h4-17,19,28,34,36,40H,18,20H2,1-3H3. The second kappa shape index (κ2) is 12.4. The van der Waals surface area contributed by atoms with Crippen molar-refractivity contribution in [1.82, 2.24) is 19.8 Å². The molecular formula is C33H32BN5O3S. The molecule has 216 valence electrons. The lowest BCUT2D eigenvalue weighted by molar-refractivity contribution is 0.0714. The maximum atomic E-state index is 14.0.